The van der Waals surface area contributed by atoms with E-state index in [0.29, 0.717) is 23.4 Å². The van der Waals surface area contributed by atoms with Crippen molar-refractivity contribution in [2.45, 2.75) is 13.5 Å². The second-order valence-electron chi connectivity index (χ2n) is 5.41. The maximum Gasteiger partial charge on any atom is 0.246 e. The number of ether oxygens (including phenoxy) is 1. The molecule has 1 aromatic heterocycles. The van der Waals surface area contributed by atoms with Crippen LogP contribution in [-0.4, -0.2) is 22.4 Å². The van der Waals surface area contributed by atoms with Crippen molar-refractivity contribution in [3.8, 4) is 17.1 Å². The fourth-order valence-corrected chi connectivity index (χ4v) is 2.34. The number of nitrogens with zero attached hydrogens (tertiary/aromatic N) is 2. The summed E-state index contributed by atoms with van der Waals surface area (Å²) in [6, 6.07) is 15.4. The fourth-order valence-electron chi connectivity index (χ4n) is 2.15. The van der Waals surface area contributed by atoms with Crippen molar-refractivity contribution >= 4 is 23.0 Å². The number of thiocarbonyl (C=S) groups is 1. The van der Waals surface area contributed by atoms with Crippen molar-refractivity contribution in [1.82, 2.24) is 15.5 Å². The highest BCUT2D eigenvalue weighted by atomic mass is 32.1. The molecular weight excluding hydrogens is 336 g/mol. The third kappa shape index (κ3) is 4.54. The SMILES string of the molecule is COc1ccc(-c2noc(CNC(=S)Nc3ccc(C)cc3)n2)cc1. The highest BCUT2D eigenvalue weighted by Crippen LogP contribution is 2.19. The van der Waals surface area contributed by atoms with Gasteiger partial charge in [-0.3, -0.25) is 0 Å². The molecule has 0 bridgehead atoms. The van der Waals surface area contributed by atoms with E-state index in [4.69, 9.17) is 21.5 Å². The predicted molar refractivity (Wildman–Crippen MR) is 101 cm³/mol. The average molecular weight is 354 g/mol. The Hall–Kier alpha value is -2.93. The van der Waals surface area contributed by atoms with E-state index in [0.717, 1.165) is 17.0 Å². The highest BCUT2D eigenvalue weighted by molar-refractivity contribution is 7.80. The van der Waals surface area contributed by atoms with Crippen LogP contribution in [0.5, 0.6) is 5.75 Å². The van der Waals surface area contributed by atoms with Crippen molar-refractivity contribution in [2.75, 3.05) is 12.4 Å². The van der Waals surface area contributed by atoms with Crippen LogP contribution in [0, 0.1) is 6.92 Å². The molecule has 0 aliphatic rings. The molecule has 0 amide bonds. The van der Waals surface area contributed by atoms with E-state index in [1.165, 1.54) is 5.56 Å². The lowest BCUT2D eigenvalue weighted by molar-refractivity contribution is 0.376. The van der Waals surface area contributed by atoms with Crippen LogP contribution in [0.3, 0.4) is 0 Å². The molecule has 128 valence electrons. The third-order valence-electron chi connectivity index (χ3n) is 3.53. The van der Waals surface area contributed by atoms with E-state index in [2.05, 4.69) is 20.8 Å². The molecule has 0 atom stereocenters. The van der Waals surface area contributed by atoms with Crippen molar-refractivity contribution in [3.63, 3.8) is 0 Å². The van der Waals surface area contributed by atoms with Crippen LogP contribution < -0.4 is 15.4 Å². The van der Waals surface area contributed by atoms with Crippen molar-refractivity contribution in [1.29, 1.82) is 0 Å². The number of benzene rings is 2. The Labute approximate surface area is 151 Å². The molecule has 2 N–H and O–H groups in total. The lowest BCUT2D eigenvalue weighted by Gasteiger charge is -2.08. The minimum absolute atomic E-state index is 0.348. The smallest absolute Gasteiger partial charge is 0.246 e. The number of rotatable bonds is 5. The van der Waals surface area contributed by atoms with Crippen LogP contribution in [0.15, 0.2) is 53.1 Å². The van der Waals surface area contributed by atoms with Gasteiger partial charge in [-0.25, -0.2) is 0 Å². The summed E-state index contributed by atoms with van der Waals surface area (Å²) in [7, 11) is 1.63. The van der Waals surface area contributed by atoms with Crippen LogP contribution >= 0.6 is 12.2 Å². The second-order valence-corrected chi connectivity index (χ2v) is 5.82. The van der Waals surface area contributed by atoms with Gasteiger partial charge in [0.15, 0.2) is 5.11 Å². The maximum absolute atomic E-state index is 5.27. The number of aryl methyl sites for hydroxylation is 1. The summed E-state index contributed by atoms with van der Waals surface area (Å²) in [4.78, 5) is 4.36. The molecule has 2 aromatic carbocycles. The van der Waals surface area contributed by atoms with Gasteiger partial charge in [-0.1, -0.05) is 22.9 Å². The molecule has 3 aromatic rings. The topological polar surface area (TPSA) is 72.2 Å². The first kappa shape index (κ1) is 16.9. The summed E-state index contributed by atoms with van der Waals surface area (Å²) >= 11 is 5.27. The van der Waals surface area contributed by atoms with Gasteiger partial charge in [0.05, 0.1) is 13.7 Å². The van der Waals surface area contributed by atoms with E-state index in [9.17, 15) is 0 Å². The van der Waals surface area contributed by atoms with Gasteiger partial charge < -0.3 is 19.9 Å². The zero-order valence-corrected chi connectivity index (χ0v) is 14.8. The lowest BCUT2D eigenvalue weighted by Crippen LogP contribution is -2.27. The lowest BCUT2D eigenvalue weighted by atomic mass is 10.2. The van der Waals surface area contributed by atoms with Gasteiger partial charge in [-0.05, 0) is 55.5 Å². The number of nitrogens with one attached hydrogen (secondary N) is 2. The number of hydrogen-bond donors (Lipinski definition) is 2. The number of anilines is 1. The summed E-state index contributed by atoms with van der Waals surface area (Å²) in [6.45, 7) is 2.39. The Balaban J connectivity index is 1.55. The molecule has 0 fully saturated rings. The summed E-state index contributed by atoms with van der Waals surface area (Å²) < 4.78 is 10.4. The summed E-state index contributed by atoms with van der Waals surface area (Å²) in [6.07, 6.45) is 0. The Morgan fingerprint density at radius 1 is 1.12 bits per heavy atom. The van der Waals surface area contributed by atoms with Crippen molar-refractivity contribution in [2.24, 2.45) is 0 Å². The molecule has 0 saturated carbocycles. The zero-order valence-electron chi connectivity index (χ0n) is 13.9. The summed E-state index contributed by atoms with van der Waals surface area (Å²) in [5.74, 6) is 1.76. The van der Waals surface area contributed by atoms with E-state index in [1.54, 1.807) is 7.11 Å². The van der Waals surface area contributed by atoms with E-state index in [1.807, 2.05) is 55.5 Å². The van der Waals surface area contributed by atoms with Gasteiger partial charge in [0.1, 0.15) is 5.75 Å². The molecular formula is C18H18N4O2S. The van der Waals surface area contributed by atoms with E-state index in [-0.39, 0.29) is 0 Å². The highest BCUT2D eigenvalue weighted by Gasteiger charge is 2.09. The quantitative estimate of drug-likeness (QED) is 0.679. The number of aromatic nitrogens is 2. The van der Waals surface area contributed by atoms with Gasteiger partial charge in [0.25, 0.3) is 0 Å². The van der Waals surface area contributed by atoms with E-state index >= 15 is 0 Å². The monoisotopic (exact) mass is 354 g/mol. The molecule has 0 unspecified atom stereocenters. The fraction of sp³-hybridized carbons (Fsp3) is 0.167. The summed E-state index contributed by atoms with van der Waals surface area (Å²) in [5.41, 5.74) is 2.98. The first-order valence-corrected chi connectivity index (χ1v) is 8.13. The van der Waals surface area contributed by atoms with Crippen LogP contribution in [0.4, 0.5) is 5.69 Å². The largest absolute Gasteiger partial charge is 0.497 e. The minimum atomic E-state index is 0.348. The van der Waals surface area contributed by atoms with Gasteiger partial charge >= 0.3 is 0 Å². The predicted octanol–water partition coefficient (Wildman–Crippen LogP) is 3.54. The first-order chi connectivity index (χ1) is 12.1. The third-order valence-corrected chi connectivity index (χ3v) is 3.77. The first-order valence-electron chi connectivity index (χ1n) is 7.72. The van der Waals surface area contributed by atoms with E-state index < -0.39 is 0 Å². The molecule has 0 saturated heterocycles. The number of methoxy groups -OCH3 is 1. The molecule has 25 heavy (non-hydrogen) atoms. The Kier molecular flexibility index (Phi) is 5.25. The molecule has 3 rings (SSSR count). The Morgan fingerprint density at radius 2 is 1.84 bits per heavy atom. The summed E-state index contributed by atoms with van der Waals surface area (Å²) in [5, 5.41) is 10.6. The van der Waals surface area contributed by atoms with Gasteiger partial charge in [0, 0.05) is 11.3 Å². The van der Waals surface area contributed by atoms with Crippen molar-refractivity contribution < 1.29 is 9.26 Å². The van der Waals surface area contributed by atoms with Gasteiger partial charge in [-0.15, -0.1) is 0 Å². The standard InChI is InChI=1S/C18H18N4O2S/c1-12-3-7-14(8-4-12)20-18(25)19-11-16-21-17(22-24-16)13-5-9-15(23-2)10-6-13/h3-10H,11H2,1-2H3,(H2,19,20,25). The van der Waals surface area contributed by atoms with Crippen LogP contribution in [-0.2, 0) is 6.54 Å². The molecule has 6 nitrogen and oxygen atoms in total. The zero-order chi connectivity index (χ0) is 17.6. The van der Waals surface area contributed by atoms with Crippen LogP contribution in [0.2, 0.25) is 0 Å². The Morgan fingerprint density at radius 3 is 2.52 bits per heavy atom. The van der Waals surface area contributed by atoms with Crippen molar-refractivity contribution in [3.05, 3.63) is 60.0 Å². The second kappa shape index (κ2) is 7.76. The maximum atomic E-state index is 5.27. The van der Waals surface area contributed by atoms with Gasteiger partial charge in [-0.2, -0.15) is 4.98 Å². The number of hydrogen-bond acceptors (Lipinski definition) is 5. The van der Waals surface area contributed by atoms with Crippen LogP contribution in [0.25, 0.3) is 11.4 Å². The van der Waals surface area contributed by atoms with Crippen LogP contribution in [0.1, 0.15) is 11.5 Å². The molecule has 7 heteroatoms. The Bertz CT molecular complexity index is 844. The minimum Gasteiger partial charge on any atom is -0.497 e. The normalized spacial score (nSPS) is 10.3. The average Bonchev–Trinajstić information content (AvgIpc) is 3.11. The molecule has 0 aliphatic heterocycles. The molecule has 1 heterocycles. The molecule has 0 radical (unpaired) electrons. The van der Waals surface area contributed by atoms with Gasteiger partial charge in [0.2, 0.25) is 11.7 Å². The molecule has 0 aliphatic carbocycles. The molecule has 0 spiro atoms.